The van der Waals surface area contributed by atoms with Gasteiger partial charge in [-0.15, -0.1) is 0 Å². The number of hydrogen-bond donors (Lipinski definition) is 1. The Bertz CT molecular complexity index is 584. The van der Waals surface area contributed by atoms with Crippen molar-refractivity contribution in [2.24, 2.45) is 0 Å². The van der Waals surface area contributed by atoms with Crippen LogP contribution < -0.4 is 4.31 Å². The van der Waals surface area contributed by atoms with Gasteiger partial charge in [0, 0.05) is 19.1 Å². The van der Waals surface area contributed by atoms with Crippen molar-refractivity contribution in [2.75, 3.05) is 30.2 Å². The van der Waals surface area contributed by atoms with Crippen LogP contribution in [-0.2, 0) is 10.0 Å². The van der Waals surface area contributed by atoms with Crippen LogP contribution in [0.2, 0.25) is 0 Å². The predicted octanol–water partition coefficient (Wildman–Crippen LogP) is 1.99. The number of benzene rings is 1. The summed E-state index contributed by atoms with van der Waals surface area (Å²) in [6.07, 6.45) is 1.14. The zero-order valence-corrected chi connectivity index (χ0v) is 14.4. The average molecular weight is 326 g/mol. The summed E-state index contributed by atoms with van der Waals surface area (Å²) in [5, 5.41) is 9.37. The van der Waals surface area contributed by atoms with Gasteiger partial charge in [-0.1, -0.05) is 12.1 Å². The molecule has 1 aromatic carbocycles. The first kappa shape index (κ1) is 17.2. The monoisotopic (exact) mass is 326 g/mol. The first-order valence-corrected chi connectivity index (χ1v) is 9.41. The molecule has 22 heavy (non-hydrogen) atoms. The van der Waals surface area contributed by atoms with Crippen molar-refractivity contribution in [1.29, 1.82) is 0 Å². The molecule has 1 aromatic rings. The smallest absolute Gasteiger partial charge is 0.235 e. The fraction of sp³-hybridized carbons (Fsp3) is 0.625. The Morgan fingerprint density at radius 1 is 1.27 bits per heavy atom. The molecule has 2 atom stereocenters. The second-order valence-corrected chi connectivity index (χ2v) is 8.14. The van der Waals surface area contributed by atoms with E-state index in [1.54, 1.807) is 6.92 Å². The van der Waals surface area contributed by atoms with Crippen molar-refractivity contribution < 1.29 is 13.5 Å². The molecule has 0 aliphatic carbocycles. The maximum atomic E-state index is 11.9. The lowest BCUT2D eigenvalue weighted by Crippen LogP contribution is -2.26. The maximum absolute atomic E-state index is 11.9. The Balaban J connectivity index is 2.05. The maximum Gasteiger partial charge on any atom is 0.235 e. The molecule has 1 aliphatic heterocycles. The quantitative estimate of drug-likeness (QED) is 0.868. The van der Waals surface area contributed by atoms with E-state index in [0.29, 0.717) is 13.0 Å². The summed E-state index contributed by atoms with van der Waals surface area (Å²) >= 11 is 0. The highest BCUT2D eigenvalue weighted by Gasteiger charge is 2.28. The van der Waals surface area contributed by atoms with Gasteiger partial charge >= 0.3 is 0 Å². The second-order valence-electron chi connectivity index (χ2n) is 6.13. The van der Waals surface area contributed by atoms with Crippen LogP contribution in [0.15, 0.2) is 24.3 Å². The van der Waals surface area contributed by atoms with Crippen LogP contribution in [-0.4, -0.2) is 50.4 Å². The van der Waals surface area contributed by atoms with Gasteiger partial charge in [-0.05, 0) is 51.4 Å². The fourth-order valence-corrected chi connectivity index (χ4v) is 4.25. The van der Waals surface area contributed by atoms with Crippen molar-refractivity contribution in [3.63, 3.8) is 0 Å². The molecule has 2 rings (SSSR count). The number of rotatable bonds is 6. The Morgan fingerprint density at radius 2 is 1.91 bits per heavy atom. The highest BCUT2D eigenvalue weighted by Crippen LogP contribution is 2.27. The summed E-state index contributed by atoms with van der Waals surface area (Å²) in [6, 6.07) is 7.98. The minimum absolute atomic E-state index is 0.225. The molecule has 0 spiro atoms. The normalized spacial score (nSPS) is 20.3. The summed E-state index contributed by atoms with van der Waals surface area (Å²) in [5.41, 5.74) is 1.90. The predicted molar refractivity (Wildman–Crippen MR) is 89.5 cm³/mol. The Labute approximate surface area is 133 Å². The lowest BCUT2D eigenvalue weighted by atomic mass is 10.1. The molecule has 0 bridgehead atoms. The van der Waals surface area contributed by atoms with Crippen molar-refractivity contribution in [3.05, 3.63) is 29.8 Å². The van der Waals surface area contributed by atoms with E-state index in [-0.39, 0.29) is 17.9 Å². The summed E-state index contributed by atoms with van der Waals surface area (Å²) in [4.78, 5) is 2.19. The topological polar surface area (TPSA) is 60.9 Å². The number of aliphatic hydroxyl groups is 1. The van der Waals surface area contributed by atoms with Crippen molar-refractivity contribution >= 4 is 15.7 Å². The van der Waals surface area contributed by atoms with Gasteiger partial charge in [0.25, 0.3) is 0 Å². The molecule has 6 heteroatoms. The summed E-state index contributed by atoms with van der Waals surface area (Å²) in [6.45, 7) is 5.31. The van der Waals surface area contributed by atoms with Crippen molar-refractivity contribution in [2.45, 2.75) is 38.8 Å². The minimum Gasteiger partial charge on any atom is -0.393 e. The third-order valence-corrected chi connectivity index (χ3v) is 6.19. The molecule has 124 valence electrons. The third-order valence-electron chi connectivity index (χ3n) is 4.32. The van der Waals surface area contributed by atoms with Gasteiger partial charge in [0.1, 0.15) is 0 Å². The number of anilines is 1. The average Bonchev–Trinajstić information content (AvgIpc) is 2.83. The summed E-state index contributed by atoms with van der Waals surface area (Å²) in [5.74, 6) is 0.243. The minimum atomic E-state index is -3.11. The lowest BCUT2D eigenvalue weighted by molar-refractivity contribution is 0.153. The zero-order valence-electron chi connectivity index (χ0n) is 13.6. The van der Waals surface area contributed by atoms with E-state index < -0.39 is 10.0 Å². The van der Waals surface area contributed by atoms with E-state index in [4.69, 9.17) is 0 Å². The van der Waals surface area contributed by atoms with Crippen LogP contribution in [0.3, 0.4) is 0 Å². The molecule has 0 saturated carbocycles. The van der Waals surface area contributed by atoms with Gasteiger partial charge < -0.3 is 5.11 Å². The van der Waals surface area contributed by atoms with Crippen LogP contribution in [0, 0.1) is 0 Å². The first-order chi connectivity index (χ1) is 10.3. The van der Waals surface area contributed by atoms with Gasteiger partial charge in [-0.25, -0.2) is 8.42 Å². The van der Waals surface area contributed by atoms with Crippen LogP contribution in [0.1, 0.15) is 38.3 Å². The standard InChI is InChI=1S/C16H26N2O3S/c1-13(19)9-11-17(3)14(2)15-5-7-16(8-6-15)18-10-4-12-22(18,20)21/h5-8,13-14,19H,4,9-12H2,1-3H3. The molecular weight excluding hydrogens is 300 g/mol. The van der Waals surface area contributed by atoms with Crippen LogP contribution in [0.5, 0.6) is 0 Å². The van der Waals surface area contributed by atoms with E-state index in [2.05, 4.69) is 11.8 Å². The Morgan fingerprint density at radius 3 is 2.41 bits per heavy atom. The van der Waals surface area contributed by atoms with Crippen molar-refractivity contribution in [3.8, 4) is 0 Å². The van der Waals surface area contributed by atoms with Crippen molar-refractivity contribution in [1.82, 2.24) is 4.90 Å². The molecule has 0 amide bonds. The van der Waals surface area contributed by atoms with Gasteiger partial charge in [-0.2, -0.15) is 0 Å². The Hall–Kier alpha value is -1.11. The van der Waals surface area contributed by atoms with E-state index in [1.807, 2.05) is 31.3 Å². The highest BCUT2D eigenvalue weighted by atomic mass is 32.2. The van der Waals surface area contributed by atoms with Crippen LogP contribution in [0.25, 0.3) is 0 Å². The molecule has 1 heterocycles. The van der Waals surface area contributed by atoms with Crippen LogP contribution in [0.4, 0.5) is 5.69 Å². The molecule has 5 nitrogen and oxygen atoms in total. The lowest BCUT2D eigenvalue weighted by Gasteiger charge is -2.26. The summed E-state index contributed by atoms with van der Waals surface area (Å²) in [7, 11) is -1.08. The number of aliphatic hydroxyl groups excluding tert-OH is 1. The number of nitrogens with zero attached hydrogens (tertiary/aromatic N) is 2. The molecule has 1 fully saturated rings. The van der Waals surface area contributed by atoms with E-state index in [0.717, 1.165) is 24.2 Å². The molecule has 0 aromatic heterocycles. The van der Waals surface area contributed by atoms with E-state index >= 15 is 0 Å². The van der Waals surface area contributed by atoms with Gasteiger partial charge in [-0.3, -0.25) is 9.21 Å². The SMILES string of the molecule is CC(O)CCN(C)C(C)c1ccc(N2CCCS2(=O)=O)cc1. The molecular formula is C16H26N2O3S. The van der Waals surface area contributed by atoms with E-state index in [1.165, 1.54) is 4.31 Å². The molecule has 2 unspecified atom stereocenters. The molecule has 1 saturated heterocycles. The fourth-order valence-electron chi connectivity index (χ4n) is 2.69. The van der Waals surface area contributed by atoms with E-state index in [9.17, 15) is 13.5 Å². The molecule has 1 N–H and O–H groups in total. The number of hydrogen-bond acceptors (Lipinski definition) is 4. The highest BCUT2D eigenvalue weighted by molar-refractivity contribution is 7.93. The number of sulfonamides is 1. The third kappa shape index (κ3) is 4.00. The first-order valence-electron chi connectivity index (χ1n) is 7.80. The van der Waals surface area contributed by atoms with Crippen LogP contribution >= 0.6 is 0 Å². The van der Waals surface area contributed by atoms with Gasteiger partial charge in [0.15, 0.2) is 0 Å². The molecule has 0 radical (unpaired) electrons. The largest absolute Gasteiger partial charge is 0.393 e. The Kier molecular flexibility index (Phi) is 5.47. The zero-order chi connectivity index (χ0) is 16.3. The molecule has 1 aliphatic rings. The summed E-state index contributed by atoms with van der Waals surface area (Å²) < 4.78 is 25.4. The van der Waals surface area contributed by atoms with Gasteiger partial charge in [0.2, 0.25) is 10.0 Å². The van der Waals surface area contributed by atoms with Gasteiger partial charge in [0.05, 0.1) is 17.5 Å². The second kappa shape index (κ2) is 6.98.